The van der Waals surface area contributed by atoms with E-state index in [1.807, 2.05) is 0 Å². The van der Waals surface area contributed by atoms with Crippen LogP contribution in [0.4, 0.5) is 0 Å². The number of methoxy groups -OCH3 is 1. The Bertz CT molecular complexity index is 1230. The summed E-state index contributed by atoms with van der Waals surface area (Å²) < 4.78 is 32.3. The Morgan fingerprint density at radius 1 is 0.448 bits per heavy atom. The van der Waals surface area contributed by atoms with E-state index < -0.39 is 36.0 Å². The highest BCUT2D eigenvalue weighted by Gasteiger charge is 2.37. The number of ether oxygens (including phenoxy) is 6. The number of unbranched alkanes of at least 4 members (excludes halogenated alkanes) is 20. The van der Waals surface area contributed by atoms with Crippen molar-refractivity contribution in [2.45, 2.75) is 239 Å². The number of hydrogen-bond acceptors (Lipinski definition) is 13. The zero-order chi connectivity index (χ0) is 49.8. The predicted octanol–water partition coefficient (Wildman–Crippen LogP) is 11.1. The van der Waals surface area contributed by atoms with E-state index in [-0.39, 0.29) is 68.8 Å². The number of carbonyl (C=O) groups is 7. The molecular weight excluding hydrogens is 859 g/mol. The second kappa shape index (κ2) is 44.9. The molecule has 0 N–H and O–H groups in total. The summed E-state index contributed by atoms with van der Waals surface area (Å²) in [4.78, 5) is 85.8. The summed E-state index contributed by atoms with van der Waals surface area (Å²) >= 11 is 0. The molecule has 2 atom stereocenters. The summed E-state index contributed by atoms with van der Waals surface area (Å²) in [7, 11) is 1.51. The van der Waals surface area contributed by atoms with E-state index in [2.05, 4.69) is 27.7 Å². The molecule has 0 saturated carbocycles. The number of hydrogen-bond donors (Lipinski definition) is 0. The molecule has 0 bridgehead atoms. The van der Waals surface area contributed by atoms with Crippen LogP contribution < -0.4 is 0 Å². The number of esters is 5. The van der Waals surface area contributed by atoms with E-state index in [0.29, 0.717) is 33.0 Å². The number of amides is 1. The molecule has 390 valence electrons. The highest BCUT2D eigenvalue weighted by atomic mass is 16.6. The second-order valence-electron chi connectivity index (χ2n) is 18.3. The first-order chi connectivity index (χ1) is 32.4. The molecule has 2 unspecified atom stereocenters. The van der Waals surface area contributed by atoms with Gasteiger partial charge in [-0.15, -0.1) is 0 Å². The maximum atomic E-state index is 12.8. The van der Waals surface area contributed by atoms with Crippen LogP contribution in [0.1, 0.15) is 227 Å². The highest BCUT2D eigenvalue weighted by Crippen LogP contribution is 2.22. The minimum absolute atomic E-state index is 0.0605. The lowest BCUT2D eigenvalue weighted by atomic mass is 9.97. The van der Waals surface area contributed by atoms with Crippen molar-refractivity contribution in [1.82, 2.24) is 4.90 Å². The van der Waals surface area contributed by atoms with Gasteiger partial charge in [0, 0.05) is 52.6 Å². The molecular formula is C53H95NO13. The van der Waals surface area contributed by atoms with Crippen LogP contribution in [-0.2, 0) is 62.0 Å². The molecule has 1 rings (SSSR count). The molecule has 1 aliphatic heterocycles. The Kier molecular flexibility index (Phi) is 42.5. The van der Waals surface area contributed by atoms with Crippen molar-refractivity contribution in [3.8, 4) is 0 Å². The van der Waals surface area contributed by atoms with Gasteiger partial charge in [0.05, 0.1) is 39.5 Å². The molecule has 1 aliphatic rings. The van der Waals surface area contributed by atoms with Gasteiger partial charge in [-0.25, -0.2) is 0 Å². The smallest absolute Gasteiger partial charge is 0.306 e. The number of carbonyl (C=O) groups excluding carboxylic acids is 7. The molecule has 14 heteroatoms. The highest BCUT2D eigenvalue weighted by molar-refractivity contribution is 5.77. The molecule has 67 heavy (non-hydrogen) atoms. The monoisotopic (exact) mass is 954 g/mol. The quantitative estimate of drug-likeness (QED) is 0.0244. The first kappa shape index (κ1) is 63.5. The van der Waals surface area contributed by atoms with Crippen LogP contribution in [0.3, 0.4) is 0 Å². The normalized spacial score (nSPS) is 14.4. The van der Waals surface area contributed by atoms with Gasteiger partial charge in [0.1, 0.15) is 18.5 Å². The third kappa shape index (κ3) is 38.0. The Morgan fingerprint density at radius 2 is 0.746 bits per heavy atom. The van der Waals surface area contributed by atoms with Crippen molar-refractivity contribution in [3.63, 3.8) is 0 Å². The summed E-state index contributed by atoms with van der Waals surface area (Å²) in [6.45, 7) is 12.3. The van der Waals surface area contributed by atoms with E-state index in [1.165, 1.54) is 104 Å². The summed E-state index contributed by atoms with van der Waals surface area (Å²) in [6, 6.07) is 0. The lowest BCUT2D eigenvalue weighted by Gasteiger charge is -2.20. The molecule has 1 amide bonds. The van der Waals surface area contributed by atoms with E-state index in [4.69, 9.17) is 28.4 Å². The molecule has 1 fully saturated rings. The topological polar surface area (TPSA) is 178 Å². The SMILES string of the molecule is CCCCCCCCOC(=O)CC(CC(=O)OCCCCCCCC)CC(=O)OC1CN(C(C)=O)CC1OC.CCCCCCCCOC(=O)CC(CC=O)CC(=O)OCCCCCCCC. The van der Waals surface area contributed by atoms with Crippen molar-refractivity contribution < 1.29 is 62.0 Å². The minimum Gasteiger partial charge on any atom is -0.466 e. The van der Waals surface area contributed by atoms with Crippen molar-refractivity contribution >= 4 is 42.0 Å². The van der Waals surface area contributed by atoms with Gasteiger partial charge >= 0.3 is 29.8 Å². The fraction of sp³-hybridized carbons (Fsp3) is 0.868. The summed E-state index contributed by atoms with van der Waals surface area (Å²) in [5, 5.41) is 0. The van der Waals surface area contributed by atoms with E-state index in [0.717, 1.165) is 70.5 Å². The molecule has 0 aromatic heterocycles. The fourth-order valence-corrected chi connectivity index (χ4v) is 7.84. The molecule has 0 spiro atoms. The zero-order valence-electron chi connectivity index (χ0n) is 43.1. The van der Waals surface area contributed by atoms with Gasteiger partial charge in [-0.1, -0.05) is 156 Å². The van der Waals surface area contributed by atoms with Crippen molar-refractivity contribution in [2.24, 2.45) is 11.8 Å². The zero-order valence-corrected chi connectivity index (χ0v) is 43.1. The van der Waals surface area contributed by atoms with Crippen LogP contribution >= 0.6 is 0 Å². The predicted molar refractivity (Wildman–Crippen MR) is 261 cm³/mol. The van der Waals surface area contributed by atoms with Gasteiger partial charge in [-0.05, 0) is 37.5 Å². The van der Waals surface area contributed by atoms with Gasteiger partial charge in [0.15, 0.2) is 0 Å². The lowest BCUT2D eigenvalue weighted by Crippen LogP contribution is -2.32. The van der Waals surface area contributed by atoms with Gasteiger partial charge in [-0.2, -0.15) is 0 Å². The Balaban J connectivity index is 0.00000138. The van der Waals surface area contributed by atoms with Gasteiger partial charge in [0.25, 0.3) is 0 Å². The van der Waals surface area contributed by atoms with E-state index in [9.17, 15) is 33.6 Å². The number of nitrogens with zero attached hydrogens (tertiary/aromatic N) is 1. The average molecular weight is 954 g/mol. The number of aldehydes is 1. The van der Waals surface area contributed by atoms with Crippen molar-refractivity contribution in [1.29, 1.82) is 0 Å². The molecule has 1 heterocycles. The third-order valence-corrected chi connectivity index (χ3v) is 12.0. The maximum Gasteiger partial charge on any atom is 0.306 e. The van der Waals surface area contributed by atoms with Crippen LogP contribution in [-0.4, -0.2) is 106 Å². The Hall–Kier alpha value is -3.55. The Morgan fingerprint density at radius 3 is 1.06 bits per heavy atom. The first-order valence-electron chi connectivity index (χ1n) is 26.5. The third-order valence-electron chi connectivity index (χ3n) is 12.0. The molecule has 1 saturated heterocycles. The first-order valence-corrected chi connectivity index (χ1v) is 26.5. The van der Waals surface area contributed by atoms with Crippen LogP contribution in [0.5, 0.6) is 0 Å². The lowest BCUT2D eigenvalue weighted by molar-refractivity contribution is -0.156. The van der Waals surface area contributed by atoms with Gasteiger partial charge < -0.3 is 38.1 Å². The maximum absolute atomic E-state index is 12.8. The van der Waals surface area contributed by atoms with E-state index >= 15 is 0 Å². The summed E-state index contributed by atoms with van der Waals surface area (Å²) in [5.74, 6) is -3.08. The fourth-order valence-electron chi connectivity index (χ4n) is 7.84. The molecule has 0 aliphatic carbocycles. The van der Waals surface area contributed by atoms with Crippen molar-refractivity contribution in [2.75, 3.05) is 46.6 Å². The molecule has 0 radical (unpaired) electrons. The molecule has 0 aromatic rings. The number of likely N-dealkylation sites (tertiary alicyclic amines) is 1. The Labute approximate surface area is 405 Å². The molecule has 0 aromatic carbocycles. The van der Waals surface area contributed by atoms with Crippen LogP contribution in [0.15, 0.2) is 0 Å². The average Bonchev–Trinajstić information content (AvgIpc) is 3.71. The van der Waals surface area contributed by atoms with Crippen LogP contribution in [0.25, 0.3) is 0 Å². The molecule has 14 nitrogen and oxygen atoms in total. The summed E-state index contributed by atoms with van der Waals surface area (Å²) in [6.07, 6.45) is 26.5. The van der Waals surface area contributed by atoms with E-state index in [1.54, 1.807) is 4.90 Å². The van der Waals surface area contributed by atoms with Crippen LogP contribution in [0, 0.1) is 11.8 Å². The van der Waals surface area contributed by atoms with Gasteiger partial charge in [-0.3, -0.25) is 28.8 Å². The second-order valence-corrected chi connectivity index (χ2v) is 18.3. The minimum atomic E-state index is -0.591. The van der Waals surface area contributed by atoms with Gasteiger partial charge in [0.2, 0.25) is 5.91 Å². The van der Waals surface area contributed by atoms with Crippen LogP contribution in [0.2, 0.25) is 0 Å². The van der Waals surface area contributed by atoms with Crippen molar-refractivity contribution in [3.05, 3.63) is 0 Å². The number of rotatable bonds is 42. The standard InChI is InChI=1S/C30H53NO8.C23H42O5/c1-5-7-9-11-13-15-17-37-28(33)19-25(20-29(34)38-18-16-14-12-10-8-6-2)21-30(35)39-27-23-31(24(3)32)22-26(27)36-4;1-3-5-7-9-11-13-17-27-22(25)19-21(15-16-24)20-23(26)28-18-14-12-10-8-6-4-2/h25-27H,5-23H2,1-4H3;16,21H,3-15,17-20H2,1-2H3. The summed E-state index contributed by atoms with van der Waals surface area (Å²) in [5.41, 5.74) is 0. The largest absolute Gasteiger partial charge is 0.466 e.